The Morgan fingerprint density at radius 2 is 2.08 bits per heavy atom. The van der Waals surface area contributed by atoms with Crippen LogP contribution in [0.1, 0.15) is 33.1 Å². The smallest absolute Gasteiger partial charge is 0.0614 e. The molecular formula is C11H20O2. The van der Waals surface area contributed by atoms with Gasteiger partial charge in [-0.2, -0.15) is 0 Å². The van der Waals surface area contributed by atoms with E-state index >= 15 is 0 Å². The van der Waals surface area contributed by atoms with Crippen LogP contribution in [-0.4, -0.2) is 23.9 Å². The molecule has 1 aliphatic heterocycles. The molecule has 1 saturated carbocycles. The normalized spacial score (nSPS) is 50.5. The van der Waals surface area contributed by atoms with Crippen molar-refractivity contribution in [1.82, 2.24) is 0 Å². The molecule has 2 fully saturated rings. The minimum absolute atomic E-state index is 0.349. The molecule has 2 rings (SSSR count). The number of aliphatic hydroxyl groups is 1. The summed E-state index contributed by atoms with van der Waals surface area (Å²) >= 11 is 0. The minimum atomic E-state index is 0.349. The lowest BCUT2D eigenvalue weighted by Gasteiger charge is -2.33. The maximum atomic E-state index is 9.29. The van der Waals surface area contributed by atoms with Crippen LogP contribution in [0.2, 0.25) is 0 Å². The first-order valence-corrected chi connectivity index (χ1v) is 5.50. The summed E-state index contributed by atoms with van der Waals surface area (Å²) in [6.07, 6.45) is 4.46. The first-order valence-electron chi connectivity index (χ1n) is 5.50. The van der Waals surface area contributed by atoms with E-state index in [1.54, 1.807) is 0 Å². The van der Waals surface area contributed by atoms with E-state index < -0.39 is 0 Å². The van der Waals surface area contributed by atoms with Crippen molar-refractivity contribution in [2.24, 2.45) is 17.8 Å². The Bertz CT molecular complexity index is 175. The molecule has 0 aromatic carbocycles. The highest BCUT2D eigenvalue weighted by Crippen LogP contribution is 2.44. The number of rotatable bonds is 1. The van der Waals surface area contributed by atoms with Crippen LogP contribution < -0.4 is 0 Å². The lowest BCUT2D eigenvalue weighted by molar-refractivity contribution is 0.00329. The van der Waals surface area contributed by atoms with Crippen molar-refractivity contribution >= 4 is 0 Å². The van der Waals surface area contributed by atoms with Crippen molar-refractivity contribution in [2.45, 2.75) is 45.3 Å². The zero-order valence-corrected chi connectivity index (χ0v) is 8.57. The van der Waals surface area contributed by atoms with Crippen LogP contribution in [0.4, 0.5) is 0 Å². The van der Waals surface area contributed by atoms with Gasteiger partial charge in [0.15, 0.2) is 0 Å². The van der Waals surface area contributed by atoms with Crippen LogP contribution in [0.15, 0.2) is 0 Å². The Labute approximate surface area is 80.3 Å². The molecular weight excluding hydrogens is 164 g/mol. The van der Waals surface area contributed by atoms with Crippen LogP contribution in [-0.2, 0) is 4.74 Å². The number of hydrogen-bond acceptors (Lipinski definition) is 2. The molecule has 0 unspecified atom stereocenters. The van der Waals surface area contributed by atoms with E-state index in [2.05, 4.69) is 13.8 Å². The Hall–Kier alpha value is -0.0800. The third kappa shape index (κ3) is 1.50. The molecule has 0 spiro atoms. The average molecular weight is 184 g/mol. The summed E-state index contributed by atoms with van der Waals surface area (Å²) in [6.45, 7) is 4.78. The van der Waals surface area contributed by atoms with Gasteiger partial charge in [-0.3, -0.25) is 0 Å². The van der Waals surface area contributed by atoms with Gasteiger partial charge in [-0.05, 0) is 37.5 Å². The monoisotopic (exact) mass is 184 g/mol. The van der Waals surface area contributed by atoms with Gasteiger partial charge >= 0.3 is 0 Å². The Morgan fingerprint density at radius 3 is 2.77 bits per heavy atom. The quantitative estimate of drug-likeness (QED) is 0.673. The molecule has 2 nitrogen and oxygen atoms in total. The summed E-state index contributed by atoms with van der Waals surface area (Å²) < 4.78 is 5.90. The van der Waals surface area contributed by atoms with Crippen LogP contribution >= 0.6 is 0 Å². The first kappa shape index (κ1) is 9.47. The first-order chi connectivity index (χ1) is 6.24. The highest BCUT2D eigenvalue weighted by molar-refractivity contribution is 4.92. The number of aliphatic hydroxyl groups excluding tert-OH is 1. The third-order valence-electron chi connectivity index (χ3n) is 4.01. The standard InChI is InChI=1S/C11H20O2/c1-7-8(2)13-10-5-3-4-9(6-12)11(7)10/h7-12H,3-6H2,1-2H3/t7-,8+,9-,10-,11-/m1/s1. The van der Waals surface area contributed by atoms with Gasteiger partial charge in [0.2, 0.25) is 0 Å². The molecule has 1 aliphatic carbocycles. The molecule has 0 radical (unpaired) electrons. The van der Waals surface area contributed by atoms with E-state index in [0.29, 0.717) is 36.6 Å². The zero-order valence-electron chi connectivity index (χ0n) is 8.57. The number of hydrogen-bond donors (Lipinski definition) is 1. The summed E-state index contributed by atoms with van der Waals surface area (Å²) in [4.78, 5) is 0. The molecule has 1 heterocycles. The second kappa shape index (κ2) is 3.58. The summed E-state index contributed by atoms with van der Waals surface area (Å²) in [5.41, 5.74) is 0. The van der Waals surface area contributed by atoms with Gasteiger partial charge in [-0.1, -0.05) is 13.3 Å². The maximum absolute atomic E-state index is 9.29. The lowest BCUT2D eigenvalue weighted by atomic mass is 9.72. The van der Waals surface area contributed by atoms with Gasteiger partial charge in [0.25, 0.3) is 0 Å². The summed E-state index contributed by atoms with van der Waals surface area (Å²) in [5, 5.41) is 9.29. The van der Waals surface area contributed by atoms with Gasteiger partial charge in [-0.25, -0.2) is 0 Å². The average Bonchev–Trinajstić information content (AvgIpc) is 2.43. The number of fused-ring (bicyclic) bond motifs is 1. The van der Waals surface area contributed by atoms with Crippen molar-refractivity contribution in [3.63, 3.8) is 0 Å². The maximum Gasteiger partial charge on any atom is 0.0614 e. The second-order valence-corrected chi connectivity index (χ2v) is 4.69. The van der Waals surface area contributed by atoms with E-state index in [-0.39, 0.29) is 0 Å². The molecule has 2 heteroatoms. The predicted molar refractivity (Wildman–Crippen MR) is 51.4 cm³/mol. The van der Waals surface area contributed by atoms with Crippen molar-refractivity contribution in [1.29, 1.82) is 0 Å². The molecule has 13 heavy (non-hydrogen) atoms. The van der Waals surface area contributed by atoms with E-state index in [1.165, 1.54) is 19.3 Å². The fourth-order valence-corrected chi connectivity index (χ4v) is 3.12. The molecule has 1 N–H and O–H groups in total. The molecule has 0 aromatic heterocycles. The van der Waals surface area contributed by atoms with Crippen LogP contribution in [0.25, 0.3) is 0 Å². The van der Waals surface area contributed by atoms with Crippen molar-refractivity contribution < 1.29 is 9.84 Å². The van der Waals surface area contributed by atoms with Crippen LogP contribution in [0, 0.1) is 17.8 Å². The van der Waals surface area contributed by atoms with Crippen molar-refractivity contribution in [2.75, 3.05) is 6.61 Å². The molecule has 0 bridgehead atoms. The SMILES string of the molecule is C[C@H]1[C@@H]2[C@@H](CO)CCC[C@H]2O[C@H]1C. The Morgan fingerprint density at radius 1 is 1.31 bits per heavy atom. The molecule has 0 amide bonds. The van der Waals surface area contributed by atoms with E-state index in [0.717, 1.165) is 0 Å². The van der Waals surface area contributed by atoms with Crippen LogP contribution in [0.3, 0.4) is 0 Å². The largest absolute Gasteiger partial charge is 0.396 e. The Kier molecular flexibility index (Phi) is 2.61. The minimum Gasteiger partial charge on any atom is -0.396 e. The molecule has 0 aromatic rings. The highest BCUT2D eigenvalue weighted by atomic mass is 16.5. The fraction of sp³-hybridized carbons (Fsp3) is 1.00. The van der Waals surface area contributed by atoms with Gasteiger partial charge < -0.3 is 9.84 Å². The van der Waals surface area contributed by atoms with E-state index in [4.69, 9.17) is 4.74 Å². The van der Waals surface area contributed by atoms with Gasteiger partial charge in [-0.15, -0.1) is 0 Å². The van der Waals surface area contributed by atoms with Crippen molar-refractivity contribution in [3.05, 3.63) is 0 Å². The van der Waals surface area contributed by atoms with Gasteiger partial charge in [0.05, 0.1) is 12.2 Å². The third-order valence-corrected chi connectivity index (χ3v) is 4.01. The highest BCUT2D eigenvalue weighted by Gasteiger charge is 2.45. The molecule has 76 valence electrons. The van der Waals surface area contributed by atoms with E-state index in [1.807, 2.05) is 0 Å². The summed E-state index contributed by atoms with van der Waals surface area (Å²) in [6, 6.07) is 0. The number of ether oxygens (including phenoxy) is 1. The van der Waals surface area contributed by atoms with E-state index in [9.17, 15) is 5.11 Å². The Balaban J connectivity index is 2.11. The molecule has 1 saturated heterocycles. The topological polar surface area (TPSA) is 29.5 Å². The molecule has 2 aliphatic rings. The van der Waals surface area contributed by atoms with Crippen LogP contribution in [0.5, 0.6) is 0 Å². The second-order valence-electron chi connectivity index (χ2n) is 4.69. The van der Waals surface area contributed by atoms with Gasteiger partial charge in [0.1, 0.15) is 0 Å². The lowest BCUT2D eigenvalue weighted by Crippen LogP contribution is -2.34. The van der Waals surface area contributed by atoms with Gasteiger partial charge in [0, 0.05) is 6.61 Å². The summed E-state index contributed by atoms with van der Waals surface area (Å²) in [7, 11) is 0. The zero-order chi connectivity index (χ0) is 9.42. The fourth-order valence-electron chi connectivity index (χ4n) is 3.12. The van der Waals surface area contributed by atoms with Crippen molar-refractivity contribution in [3.8, 4) is 0 Å². The molecule has 5 atom stereocenters. The summed E-state index contributed by atoms with van der Waals surface area (Å²) in [5.74, 6) is 1.75. The predicted octanol–water partition coefficient (Wildman–Crippen LogP) is 1.82.